The van der Waals surface area contributed by atoms with Gasteiger partial charge in [0.05, 0.1) is 0 Å². The fourth-order valence-electron chi connectivity index (χ4n) is 2.77. The molecule has 0 radical (unpaired) electrons. The molecule has 1 heterocycles. The second-order valence-corrected chi connectivity index (χ2v) is 5.54. The minimum absolute atomic E-state index is 0. The molecule has 1 saturated carbocycles. The first kappa shape index (κ1) is 20.0. The molecule has 1 amide bonds. The van der Waals surface area contributed by atoms with Gasteiger partial charge >= 0.3 is 0 Å². The van der Waals surface area contributed by atoms with Gasteiger partial charge in [-0.25, -0.2) is 0 Å². The second-order valence-electron chi connectivity index (χ2n) is 5.54. The zero-order chi connectivity index (χ0) is 12.8. The number of amides is 1. The smallest absolute Gasteiger partial charge is 0.220 e. The number of carbonyl (C=O) groups is 1. The molecule has 120 valence electrons. The third-order valence-electron chi connectivity index (χ3n) is 4.07. The van der Waals surface area contributed by atoms with Gasteiger partial charge in [-0.05, 0) is 45.2 Å². The Balaban J connectivity index is 0.00000180. The third-order valence-corrected chi connectivity index (χ3v) is 4.07. The average molecular weight is 326 g/mol. The van der Waals surface area contributed by atoms with Gasteiger partial charge in [0, 0.05) is 31.6 Å². The van der Waals surface area contributed by atoms with Crippen LogP contribution in [0.1, 0.15) is 45.4 Å². The maximum absolute atomic E-state index is 11.7. The number of nitrogens with one attached hydrogen (secondary N) is 2. The van der Waals surface area contributed by atoms with Crippen LogP contribution in [0.3, 0.4) is 0 Å². The van der Waals surface area contributed by atoms with E-state index in [0.29, 0.717) is 12.5 Å². The lowest BCUT2D eigenvalue weighted by atomic mass is 10.1. The Morgan fingerprint density at radius 3 is 2.60 bits per heavy atom. The van der Waals surface area contributed by atoms with Crippen molar-refractivity contribution in [2.45, 2.75) is 57.5 Å². The summed E-state index contributed by atoms with van der Waals surface area (Å²) in [7, 11) is 0. The summed E-state index contributed by atoms with van der Waals surface area (Å²) in [5, 5.41) is 6.48. The fraction of sp³-hybridized carbons (Fsp3) is 0.929. The molecule has 0 aromatic heterocycles. The molecule has 2 rings (SSSR count). The number of carbonyl (C=O) groups excluding carboxylic acids is 1. The molecule has 2 N–H and O–H groups in total. The van der Waals surface area contributed by atoms with Crippen LogP contribution in [0.25, 0.3) is 0 Å². The van der Waals surface area contributed by atoms with Crippen LogP contribution in [0.2, 0.25) is 0 Å². The Hall–Kier alpha value is -0.0300. The van der Waals surface area contributed by atoms with Crippen LogP contribution in [0, 0.1) is 0 Å². The lowest BCUT2D eigenvalue weighted by Crippen LogP contribution is -2.36. The van der Waals surface area contributed by atoms with E-state index in [1.807, 2.05) is 0 Å². The molecule has 4 nitrogen and oxygen atoms in total. The summed E-state index contributed by atoms with van der Waals surface area (Å²) >= 11 is 0. The van der Waals surface area contributed by atoms with E-state index < -0.39 is 0 Å². The van der Waals surface area contributed by atoms with E-state index >= 15 is 0 Å². The number of nitrogens with zero attached hydrogens (tertiary/aromatic N) is 1. The highest BCUT2D eigenvalue weighted by Gasteiger charge is 2.27. The Morgan fingerprint density at radius 2 is 2.05 bits per heavy atom. The second kappa shape index (κ2) is 10.7. The molecule has 0 aromatic rings. The molecule has 20 heavy (non-hydrogen) atoms. The summed E-state index contributed by atoms with van der Waals surface area (Å²) in [6, 6.07) is 1.38. The van der Waals surface area contributed by atoms with E-state index in [1.165, 1.54) is 25.7 Å². The predicted molar refractivity (Wildman–Crippen MR) is 88.0 cm³/mol. The van der Waals surface area contributed by atoms with E-state index in [-0.39, 0.29) is 30.7 Å². The SMILES string of the molecule is CCN(CCNC(=O)CCC1CCCN1)C1CC1.Cl.Cl. The van der Waals surface area contributed by atoms with Crippen LogP contribution in [-0.4, -0.2) is 49.1 Å². The molecule has 1 saturated heterocycles. The normalized spacial score (nSPS) is 21.2. The van der Waals surface area contributed by atoms with Crippen molar-refractivity contribution in [1.29, 1.82) is 0 Å². The van der Waals surface area contributed by atoms with Gasteiger partial charge in [0.15, 0.2) is 0 Å². The Kier molecular flexibility index (Phi) is 10.6. The molecule has 6 heteroatoms. The van der Waals surface area contributed by atoms with E-state index in [1.54, 1.807) is 0 Å². The number of hydrogen-bond acceptors (Lipinski definition) is 3. The molecule has 1 aliphatic heterocycles. The molecule has 0 spiro atoms. The zero-order valence-electron chi connectivity index (χ0n) is 12.4. The summed E-state index contributed by atoms with van der Waals surface area (Å²) in [5.74, 6) is 0.218. The summed E-state index contributed by atoms with van der Waals surface area (Å²) in [6.45, 7) is 6.24. The predicted octanol–water partition coefficient (Wildman–Crippen LogP) is 1.96. The van der Waals surface area contributed by atoms with E-state index in [4.69, 9.17) is 0 Å². The van der Waals surface area contributed by atoms with Crippen LogP contribution >= 0.6 is 24.8 Å². The van der Waals surface area contributed by atoms with Crippen LogP contribution in [0.15, 0.2) is 0 Å². The highest BCUT2D eigenvalue weighted by atomic mass is 35.5. The fourth-order valence-corrected chi connectivity index (χ4v) is 2.77. The minimum atomic E-state index is 0. The number of likely N-dealkylation sites (N-methyl/N-ethyl adjacent to an activating group) is 1. The van der Waals surface area contributed by atoms with Gasteiger partial charge in [-0.2, -0.15) is 0 Å². The Labute approximate surface area is 135 Å². The minimum Gasteiger partial charge on any atom is -0.355 e. The topological polar surface area (TPSA) is 44.4 Å². The van der Waals surface area contributed by atoms with Crippen molar-refractivity contribution in [2.75, 3.05) is 26.2 Å². The lowest BCUT2D eigenvalue weighted by Gasteiger charge is -2.19. The first-order valence-electron chi connectivity index (χ1n) is 7.53. The van der Waals surface area contributed by atoms with E-state index in [2.05, 4.69) is 22.5 Å². The average Bonchev–Trinajstić information content (AvgIpc) is 3.08. The van der Waals surface area contributed by atoms with Gasteiger partial charge in [-0.1, -0.05) is 6.92 Å². The van der Waals surface area contributed by atoms with Gasteiger partial charge in [0.2, 0.25) is 5.91 Å². The van der Waals surface area contributed by atoms with Crippen molar-refractivity contribution in [3.63, 3.8) is 0 Å². The standard InChI is InChI=1S/C14H27N3O.2ClH/c1-2-17(13-6-7-13)11-10-16-14(18)8-5-12-4-3-9-15-12;;/h12-13,15H,2-11H2,1H3,(H,16,18);2*1H. The summed E-state index contributed by atoms with van der Waals surface area (Å²) in [5.41, 5.74) is 0. The van der Waals surface area contributed by atoms with Crippen molar-refractivity contribution in [3.05, 3.63) is 0 Å². The van der Waals surface area contributed by atoms with Gasteiger partial charge in [-0.3, -0.25) is 9.69 Å². The largest absolute Gasteiger partial charge is 0.355 e. The van der Waals surface area contributed by atoms with E-state index in [9.17, 15) is 4.79 Å². The van der Waals surface area contributed by atoms with Gasteiger partial charge in [0.1, 0.15) is 0 Å². The first-order valence-corrected chi connectivity index (χ1v) is 7.53. The maximum Gasteiger partial charge on any atom is 0.220 e. The summed E-state index contributed by atoms with van der Waals surface area (Å²) in [6.07, 6.45) is 6.85. The van der Waals surface area contributed by atoms with Crippen molar-refractivity contribution in [2.24, 2.45) is 0 Å². The highest BCUT2D eigenvalue weighted by molar-refractivity contribution is 5.85. The van der Waals surface area contributed by atoms with Gasteiger partial charge < -0.3 is 10.6 Å². The Morgan fingerprint density at radius 1 is 1.30 bits per heavy atom. The van der Waals surface area contributed by atoms with Crippen molar-refractivity contribution in [3.8, 4) is 0 Å². The van der Waals surface area contributed by atoms with Crippen molar-refractivity contribution in [1.82, 2.24) is 15.5 Å². The zero-order valence-corrected chi connectivity index (χ0v) is 14.0. The molecule has 1 aliphatic carbocycles. The highest BCUT2D eigenvalue weighted by Crippen LogP contribution is 2.25. The van der Waals surface area contributed by atoms with Crippen molar-refractivity contribution >= 4 is 30.7 Å². The van der Waals surface area contributed by atoms with Crippen LogP contribution in [-0.2, 0) is 4.79 Å². The Bertz CT molecular complexity index is 269. The maximum atomic E-state index is 11.7. The molecule has 2 aliphatic rings. The summed E-state index contributed by atoms with van der Waals surface area (Å²) in [4.78, 5) is 14.2. The molecule has 1 atom stereocenters. The molecule has 1 unspecified atom stereocenters. The van der Waals surface area contributed by atoms with Crippen LogP contribution in [0.5, 0.6) is 0 Å². The molecular weight excluding hydrogens is 297 g/mol. The first-order chi connectivity index (χ1) is 8.79. The van der Waals surface area contributed by atoms with Gasteiger partial charge in [-0.15, -0.1) is 24.8 Å². The molecular formula is C14H29Cl2N3O. The van der Waals surface area contributed by atoms with Crippen LogP contribution in [0.4, 0.5) is 0 Å². The van der Waals surface area contributed by atoms with Crippen molar-refractivity contribution < 1.29 is 4.79 Å². The monoisotopic (exact) mass is 325 g/mol. The van der Waals surface area contributed by atoms with E-state index in [0.717, 1.165) is 38.6 Å². The molecule has 2 fully saturated rings. The number of halogens is 2. The quantitative estimate of drug-likeness (QED) is 0.717. The lowest BCUT2D eigenvalue weighted by molar-refractivity contribution is -0.121. The van der Waals surface area contributed by atoms with Crippen LogP contribution < -0.4 is 10.6 Å². The number of rotatable bonds is 8. The number of hydrogen-bond donors (Lipinski definition) is 2. The van der Waals surface area contributed by atoms with Gasteiger partial charge in [0.25, 0.3) is 0 Å². The molecule has 0 bridgehead atoms. The summed E-state index contributed by atoms with van der Waals surface area (Å²) < 4.78 is 0. The molecule has 0 aromatic carbocycles. The third kappa shape index (κ3) is 7.11.